The smallest absolute Gasteiger partial charge is 0.180 e. The molecule has 0 fully saturated rings. The Kier molecular flexibility index (Phi) is 15.3. The van der Waals surface area contributed by atoms with Gasteiger partial charge in [0.15, 0.2) is 5.17 Å². The maximum Gasteiger partial charge on any atom is 0.180 e. The van der Waals surface area contributed by atoms with Crippen LogP contribution in [0.4, 0.5) is 5.69 Å². The Morgan fingerprint density at radius 2 is 1.38 bits per heavy atom. The lowest BCUT2D eigenvalue weighted by atomic mass is 10.1. The summed E-state index contributed by atoms with van der Waals surface area (Å²) in [6, 6.07) is 8.20. The average molecular weight is 419 g/mol. The number of unbranched alkanes of at least 4 members (excludes halogenated alkanes) is 11. The van der Waals surface area contributed by atoms with Crippen molar-refractivity contribution in [2.75, 3.05) is 24.7 Å². The van der Waals surface area contributed by atoms with Crippen molar-refractivity contribution in [2.24, 2.45) is 15.9 Å². The molecule has 0 aliphatic carbocycles. The van der Waals surface area contributed by atoms with E-state index in [0.717, 1.165) is 11.3 Å². The number of hydrogen-bond donors (Lipinski definition) is 1. The molecule has 0 bridgehead atoms. The third kappa shape index (κ3) is 14.2. The summed E-state index contributed by atoms with van der Waals surface area (Å²) >= 11 is 1.61. The van der Waals surface area contributed by atoms with Crippen LogP contribution in [0.2, 0.25) is 0 Å². The molecular formula is C24H42N4S. The van der Waals surface area contributed by atoms with Gasteiger partial charge in [-0.3, -0.25) is 0 Å². The molecule has 0 saturated heterocycles. The van der Waals surface area contributed by atoms with E-state index in [4.69, 9.17) is 5.73 Å². The van der Waals surface area contributed by atoms with E-state index in [9.17, 15) is 0 Å². The summed E-state index contributed by atoms with van der Waals surface area (Å²) in [6.45, 7) is 2.28. The van der Waals surface area contributed by atoms with E-state index < -0.39 is 0 Å². The van der Waals surface area contributed by atoms with Crippen LogP contribution < -0.4 is 10.6 Å². The van der Waals surface area contributed by atoms with Gasteiger partial charge in [-0.15, -0.1) is 5.10 Å². The molecule has 0 unspecified atom stereocenters. The van der Waals surface area contributed by atoms with Gasteiger partial charge in [0.1, 0.15) is 0 Å². The van der Waals surface area contributed by atoms with E-state index in [0.29, 0.717) is 5.17 Å². The van der Waals surface area contributed by atoms with Crippen molar-refractivity contribution in [1.82, 2.24) is 0 Å². The molecule has 5 heteroatoms. The van der Waals surface area contributed by atoms with Crippen LogP contribution in [0.25, 0.3) is 0 Å². The lowest BCUT2D eigenvalue weighted by molar-refractivity contribution is 0.548. The van der Waals surface area contributed by atoms with Gasteiger partial charge in [-0.2, -0.15) is 5.10 Å². The summed E-state index contributed by atoms with van der Waals surface area (Å²) < 4.78 is 0. The minimum Gasteiger partial charge on any atom is -0.378 e. The van der Waals surface area contributed by atoms with Crippen molar-refractivity contribution in [3.05, 3.63) is 29.8 Å². The quantitative estimate of drug-likeness (QED) is 0.138. The second-order valence-electron chi connectivity index (χ2n) is 7.91. The first-order valence-corrected chi connectivity index (χ1v) is 12.4. The fourth-order valence-electron chi connectivity index (χ4n) is 3.16. The van der Waals surface area contributed by atoms with Gasteiger partial charge in [-0.1, -0.05) is 101 Å². The van der Waals surface area contributed by atoms with E-state index in [1.165, 1.54) is 82.7 Å². The van der Waals surface area contributed by atoms with Gasteiger partial charge in [0.2, 0.25) is 0 Å². The summed E-state index contributed by atoms with van der Waals surface area (Å²) in [5.41, 5.74) is 8.13. The van der Waals surface area contributed by atoms with Crippen molar-refractivity contribution in [1.29, 1.82) is 0 Å². The molecule has 0 aliphatic heterocycles. The summed E-state index contributed by atoms with van der Waals surface area (Å²) in [5.74, 6) is 1.03. The fourth-order valence-corrected chi connectivity index (χ4v) is 3.82. The van der Waals surface area contributed by atoms with E-state index in [-0.39, 0.29) is 0 Å². The van der Waals surface area contributed by atoms with E-state index in [1.54, 1.807) is 18.0 Å². The molecule has 29 heavy (non-hydrogen) atoms. The molecule has 2 N–H and O–H groups in total. The highest BCUT2D eigenvalue weighted by molar-refractivity contribution is 8.13. The Balaban J connectivity index is 2.00. The zero-order chi connectivity index (χ0) is 21.2. The van der Waals surface area contributed by atoms with Crippen molar-refractivity contribution in [3.8, 4) is 0 Å². The molecular weight excluding hydrogens is 376 g/mol. The highest BCUT2D eigenvalue weighted by Crippen LogP contribution is 2.14. The van der Waals surface area contributed by atoms with E-state index in [2.05, 4.69) is 34.2 Å². The van der Waals surface area contributed by atoms with Gasteiger partial charge in [0.05, 0.1) is 6.21 Å². The molecule has 0 saturated carbocycles. The Hall–Kier alpha value is -1.49. The maximum absolute atomic E-state index is 5.93. The number of nitrogens with two attached hydrogens (primary N) is 1. The Labute approximate surface area is 183 Å². The molecule has 1 aromatic carbocycles. The highest BCUT2D eigenvalue weighted by Gasteiger charge is 1.97. The third-order valence-electron chi connectivity index (χ3n) is 5.02. The summed E-state index contributed by atoms with van der Waals surface area (Å²) in [5, 5.41) is 8.74. The van der Waals surface area contributed by atoms with Crippen molar-refractivity contribution in [3.63, 3.8) is 0 Å². The number of amidine groups is 1. The largest absolute Gasteiger partial charge is 0.378 e. The van der Waals surface area contributed by atoms with Gasteiger partial charge in [-0.25, -0.2) is 0 Å². The zero-order valence-electron chi connectivity index (χ0n) is 18.9. The third-order valence-corrected chi connectivity index (χ3v) is 5.89. The first-order valence-electron chi connectivity index (χ1n) is 11.4. The molecule has 0 spiro atoms. The minimum atomic E-state index is 0.550. The lowest BCUT2D eigenvalue weighted by Gasteiger charge is -2.11. The van der Waals surface area contributed by atoms with Crippen molar-refractivity contribution in [2.45, 2.75) is 84.0 Å². The topological polar surface area (TPSA) is 54.0 Å². The molecule has 4 nitrogen and oxygen atoms in total. The number of rotatable bonds is 16. The summed E-state index contributed by atoms with van der Waals surface area (Å²) in [7, 11) is 4.06. The van der Waals surface area contributed by atoms with Crippen LogP contribution in [0, 0.1) is 0 Å². The van der Waals surface area contributed by atoms with E-state index >= 15 is 0 Å². The first-order chi connectivity index (χ1) is 14.1. The number of anilines is 1. The van der Waals surface area contributed by atoms with Crippen LogP contribution in [-0.2, 0) is 0 Å². The SMILES string of the molecule is CCCCCCCCCCCCCCS/C(N)=N/N=C/c1ccc(N(C)C)cc1. The van der Waals surface area contributed by atoms with Crippen LogP contribution in [0.15, 0.2) is 34.5 Å². The van der Waals surface area contributed by atoms with Crippen molar-refractivity contribution >= 4 is 28.8 Å². The molecule has 0 heterocycles. The predicted octanol–water partition coefficient (Wildman–Crippen LogP) is 6.84. The monoisotopic (exact) mass is 418 g/mol. The molecule has 0 amide bonds. The van der Waals surface area contributed by atoms with Crippen molar-refractivity contribution < 1.29 is 0 Å². The van der Waals surface area contributed by atoms with Gasteiger partial charge >= 0.3 is 0 Å². The van der Waals surface area contributed by atoms with E-state index in [1.807, 2.05) is 26.2 Å². The van der Waals surface area contributed by atoms with Gasteiger partial charge in [0.25, 0.3) is 0 Å². The summed E-state index contributed by atoms with van der Waals surface area (Å²) in [6.07, 6.45) is 18.2. The van der Waals surface area contributed by atoms with Crippen LogP contribution in [0.5, 0.6) is 0 Å². The Bertz CT molecular complexity index is 567. The average Bonchev–Trinajstić information content (AvgIpc) is 2.72. The number of thioether (sulfide) groups is 1. The lowest BCUT2D eigenvalue weighted by Crippen LogP contribution is -2.08. The van der Waals surface area contributed by atoms with Crippen LogP contribution >= 0.6 is 11.8 Å². The molecule has 0 aliphatic rings. The minimum absolute atomic E-state index is 0.550. The summed E-state index contributed by atoms with van der Waals surface area (Å²) in [4.78, 5) is 2.07. The number of hydrogen-bond acceptors (Lipinski definition) is 4. The Morgan fingerprint density at radius 3 is 1.90 bits per heavy atom. The molecule has 0 atom stereocenters. The van der Waals surface area contributed by atoms with Gasteiger partial charge < -0.3 is 10.6 Å². The molecule has 164 valence electrons. The fraction of sp³-hybridized carbons (Fsp3) is 0.667. The molecule has 1 rings (SSSR count). The number of benzene rings is 1. The number of nitrogens with zero attached hydrogens (tertiary/aromatic N) is 3. The molecule has 0 radical (unpaired) electrons. The second kappa shape index (κ2) is 17.4. The van der Waals surface area contributed by atoms with Crippen LogP contribution in [0.3, 0.4) is 0 Å². The molecule has 1 aromatic rings. The zero-order valence-corrected chi connectivity index (χ0v) is 19.7. The normalized spacial score (nSPS) is 12.0. The standard InChI is InChI=1S/C24H42N4S/c1-4-5-6-7-8-9-10-11-12-13-14-15-20-29-24(25)27-26-21-22-16-18-23(19-17-22)28(2)3/h16-19,21H,4-15,20H2,1-3H3,(H2,25,27)/b26-21+. The van der Waals surface area contributed by atoms with Crippen LogP contribution in [-0.4, -0.2) is 31.2 Å². The maximum atomic E-state index is 5.93. The first kappa shape index (κ1) is 25.5. The second-order valence-corrected chi connectivity index (χ2v) is 9.02. The van der Waals surface area contributed by atoms with Crippen LogP contribution in [0.1, 0.15) is 89.5 Å². The van der Waals surface area contributed by atoms with Gasteiger partial charge in [0, 0.05) is 25.5 Å². The van der Waals surface area contributed by atoms with Gasteiger partial charge in [-0.05, 0) is 24.1 Å². The Morgan fingerprint density at radius 1 is 0.862 bits per heavy atom. The highest BCUT2D eigenvalue weighted by atomic mass is 32.2. The predicted molar refractivity (Wildman–Crippen MR) is 134 cm³/mol. The molecule has 0 aromatic heterocycles.